The van der Waals surface area contributed by atoms with Gasteiger partial charge in [0.15, 0.2) is 0 Å². The van der Waals surface area contributed by atoms with Crippen LogP contribution in [0.2, 0.25) is 0 Å². The second-order valence-electron chi connectivity index (χ2n) is 5.49. The molecule has 0 radical (unpaired) electrons. The van der Waals surface area contributed by atoms with Gasteiger partial charge in [-0.3, -0.25) is 5.32 Å². The van der Waals surface area contributed by atoms with Crippen LogP contribution in [0.15, 0.2) is 6.33 Å². The first kappa shape index (κ1) is 13.4. The third-order valence-corrected chi connectivity index (χ3v) is 4.30. The molecule has 1 aromatic heterocycles. The van der Waals surface area contributed by atoms with Gasteiger partial charge in [0.1, 0.15) is 6.33 Å². The van der Waals surface area contributed by atoms with Crippen LogP contribution in [0.5, 0.6) is 0 Å². The Kier molecular flexibility index (Phi) is 3.86. The predicted molar refractivity (Wildman–Crippen MR) is 73.3 cm³/mol. The highest BCUT2D eigenvalue weighted by atomic mass is 16.5. The number of anilines is 1. The van der Waals surface area contributed by atoms with Gasteiger partial charge in [0.05, 0.1) is 0 Å². The molecule has 0 aliphatic carbocycles. The molecule has 0 saturated carbocycles. The van der Waals surface area contributed by atoms with Crippen LogP contribution in [0.1, 0.15) is 25.7 Å². The van der Waals surface area contributed by atoms with Crippen molar-refractivity contribution in [2.24, 2.45) is 13.0 Å². The fraction of sp³-hybridized carbons (Fsp3) is 0.769. The minimum absolute atomic E-state index is 0.0601. The van der Waals surface area contributed by atoms with Gasteiger partial charge in [-0.2, -0.15) is 10.1 Å². The number of hydrogen-bond donors (Lipinski definition) is 1. The minimum Gasteiger partial charge on any atom is -0.381 e. The highest BCUT2D eigenvalue weighted by Crippen LogP contribution is 2.30. The Morgan fingerprint density at radius 3 is 2.90 bits per heavy atom. The first-order chi connectivity index (χ1) is 9.75. The molecule has 110 valence electrons. The largest absolute Gasteiger partial charge is 0.381 e. The molecule has 2 aliphatic rings. The van der Waals surface area contributed by atoms with Crippen molar-refractivity contribution in [3.63, 3.8) is 0 Å². The zero-order chi connectivity index (χ0) is 13.9. The van der Waals surface area contributed by atoms with Crippen LogP contribution < -0.4 is 5.32 Å². The van der Waals surface area contributed by atoms with E-state index in [1.165, 1.54) is 6.33 Å². The fourth-order valence-corrected chi connectivity index (χ4v) is 3.21. The molecule has 1 unspecified atom stereocenters. The van der Waals surface area contributed by atoms with Crippen molar-refractivity contribution < 1.29 is 9.53 Å². The Morgan fingerprint density at radius 1 is 1.40 bits per heavy atom. The van der Waals surface area contributed by atoms with Gasteiger partial charge in [-0.15, -0.1) is 0 Å². The molecule has 0 aromatic carbocycles. The lowest BCUT2D eigenvalue weighted by Gasteiger charge is -2.33. The summed E-state index contributed by atoms with van der Waals surface area (Å²) in [6, 6.07) is 0.280. The first-order valence-corrected chi connectivity index (χ1v) is 7.25. The molecule has 7 heteroatoms. The number of aromatic nitrogens is 3. The topological polar surface area (TPSA) is 72.3 Å². The number of aryl methyl sites for hydroxylation is 1. The van der Waals surface area contributed by atoms with Crippen molar-refractivity contribution in [2.75, 3.05) is 25.1 Å². The van der Waals surface area contributed by atoms with Crippen molar-refractivity contribution in [2.45, 2.75) is 31.7 Å². The Hall–Kier alpha value is -1.63. The van der Waals surface area contributed by atoms with Gasteiger partial charge in [0.2, 0.25) is 5.95 Å². The molecular formula is C13H21N5O2. The molecule has 3 heterocycles. The third kappa shape index (κ3) is 2.63. The second kappa shape index (κ2) is 5.78. The summed E-state index contributed by atoms with van der Waals surface area (Å²) < 4.78 is 6.98. The van der Waals surface area contributed by atoms with Crippen molar-refractivity contribution in [3.8, 4) is 0 Å². The first-order valence-electron chi connectivity index (χ1n) is 7.25. The average molecular weight is 279 g/mol. The predicted octanol–water partition coefficient (Wildman–Crippen LogP) is 1.24. The molecule has 2 saturated heterocycles. The van der Waals surface area contributed by atoms with E-state index >= 15 is 0 Å². The molecule has 0 spiro atoms. The number of urea groups is 1. The maximum Gasteiger partial charge on any atom is 0.324 e. The summed E-state index contributed by atoms with van der Waals surface area (Å²) in [6.07, 6.45) is 5.72. The molecule has 0 bridgehead atoms. The van der Waals surface area contributed by atoms with Crippen LogP contribution in [0, 0.1) is 5.92 Å². The lowest BCUT2D eigenvalue weighted by atomic mass is 9.90. The summed E-state index contributed by atoms with van der Waals surface area (Å²) in [5, 5.41) is 6.81. The maximum absolute atomic E-state index is 12.4. The van der Waals surface area contributed by atoms with E-state index in [-0.39, 0.29) is 6.03 Å². The molecule has 2 aliphatic heterocycles. The number of rotatable bonds is 2. The van der Waals surface area contributed by atoms with Gasteiger partial charge in [0, 0.05) is 32.8 Å². The highest BCUT2D eigenvalue weighted by molar-refractivity contribution is 5.87. The zero-order valence-corrected chi connectivity index (χ0v) is 11.8. The summed E-state index contributed by atoms with van der Waals surface area (Å²) in [6.45, 7) is 2.46. The summed E-state index contributed by atoms with van der Waals surface area (Å²) in [4.78, 5) is 18.4. The number of amides is 2. The monoisotopic (exact) mass is 279 g/mol. The number of ether oxygens (including phenoxy) is 1. The third-order valence-electron chi connectivity index (χ3n) is 4.30. The van der Waals surface area contributed by atoms with Crippen molar-refractivity contribution in [3.05, 3.63) is 6.33 Å². The van der Waals surface area contributed by atoms with E-state index in [4.69, 9.17) is 4.74 Å². The van der Waals surface area contributed by atoms with Crippen molar-refractivity contribution in [1.29, 1.82) is 0 Å². The molecule has 3 rings (SSSR count). The molecule has 1 N–H and O–H groups in total. The Morgan fingerprint density at radius 2 is 2.20 bits per heavy atom. The molecule has 7 nitrogen and oxygen atoms in total. The smallest absolute Gasteiger partial charge is 0.324 e. The number of carbonyl (C=O) groups is 1. The fourth-order valence-electron chi connectivity index (χ4n) is 3.21. The van der Waals surface area contributed by atoms with Crippen LogP contribution in [0.4, 0.5) is 10.7 Å². The van der Waals surface area contributed by atoms with E-state index < -0.39 is 0 Å². The standard InChI is InChI=1S/C13H21N5O2/c1-17-12(14-9-15-17)16-13(19)18-6-2-3-11(18)10-4-7-20-8-5-10/h9-11H,2-8H2,1H3,(H,14,15,16,19). The van der Waals surface area contributed by atoms with Crippen LogP contribution in [-0.2, 0) is 11.8 Å². The van der Waals surface area contributed by atoms with Gasteiger partial charge >= 0.3 is 6.03 Å². The molecular weight excluding hydrogens is 258 g/mol. The summed E-state index contributed by atoms with van der Waals surface area (Å²) in [5.41, 5.74) is 0. The molecule has 2 fully saturated rings. The average Bonchev–Trinajstić information content (AvgIpc) is 3.09. The lowest BCUT2D eigenvalue weighted by Crippen LogP contribution is -2.44. The number of likely N-dealkylation sites (tertiary alicyclic amines) is 1. The van der Waals surface area contributed by atoms with Gasteiger partial charge < -0.3 is 9.64 Å². The van der Waals surface area contributed by atoms with Crippen molar-refractivity contribution in [1.82, 2.24) is 19.7 Å². The zero-order valence-electron chi connectivity index (χ0n) is 11.8. The van der Waals surface area contributed by atoms with E-state index in [9.17, 15) is 4.79 Å². The summed E-state index contributed by atoms with van der Waals surface area (Å²) >= 11 is 0. The van der Waals surface area contributed by atoms with E-state index in [0.717, 1.165) is 45.4 Å². The molecule has 2 amide bonds. The minimum atomic E-state index is -0.0601. The Labute approximate surface area is 118 Å². The Balaban J connectivity index is 1.65. The van der Waals surface area contributed by atoms with Gasteiger partial charge in [-0.05, 0) is 31.6 Å². The van der Waals surface area contributed by atoms with E-state index in [1.807, 2.05) is 4.90 Å². The quantitative estimate of drug-likeness (QED) is 0.884. The van der Waals surface area contributed by atoms with E-state index in [2.05, 4.69) is 15.4 Å². The Bertz CT molecular complexity index is 469. The SMILES string of the molecule is Cn1ncnc1NC(=O)N1CCCC1C1CCOCC1. The number of nitrogens with zero attached hydrogens (tertiary/aromatic N) is 4. The van der Waals surface area contributed by atoms with E-state index in [1.54, 1.807) is 11.7 Å². The van der Waals surface area contributed by atoms with Crippen LogP contribution in [0.25, 0.3) is 0 Å². The molecule has 1 atom stereocenters. The van der Waals surface area contributed by atoms with E-state index in [0.29, 0.717) is 17.9 Å². The number of nitrogens with one attached hydrogen (secondary N) is 1. The van der Waals surface area contributed by atoms with Crippen LogP contribution >= 0.6 is 0 Å². The highest BCUT2D eigenvalue weighted by Gasteiger charge is 2.35. The lowest BCUT2D eigenvalue weighted by molar-refractivity contribution is 0.0429. The van der Waals surface area contributed by atoms with Crippen LogP contribution in [0.3, 0.4) is 0 Å². The summed E-state index contributed by atoms with van der Waals surface area (Å²) in [5.74, 6) is 1.06. The van der Waals surface area contributed by atoms with Gasteiger partial charge in [-0.25, -0.2) is 9.48 Å². The normalized spacial score (nSPS) is 24.1. The van der Waals surface area contributed by atoms with Crippen LogP contribution in [-0.4, -0.2) is 51.5 Å². The van der Waals surface area contributed by atoms with Crippen molar-refractivity contribution >= 4 is 12.0 Å². The molecule has 20 heavy (non-hydrogen) atoms. The van der Waals surface area contributed by atoms with Gasteiger partial charge in [-0.1, -0.05) is 0 Å². The summed E-state index contributed by atoms with van der Waals surface area (Å²) in [7, 11) is 1.77. The number of carbonyl (C=O) groups excluding carboxylic acids is 1. The second-order valence-corrected chi connectivity index (χ2v) is 5.49. The maximum atomic E-state index is 12.4. The van der Waals surface area contributed by atoms with Gasteiger partial charge in [0.25, 0.3) is 0 Å². The molecule has 1 aromatic rings. The number of hydrogen-bond acceptors (Lipinski definition) is 4.